The summed E-state index contributed by atoms with van der Waals surface area (Å²) >= 11 is 0. The van der Waals surface area contributed by atoms with Crippen LogP contribution < -0.4 is 0 Å². The van der Waals surface area contributed by atoms with E-state index in [4.69, 9.17) is 5.32 Å². The van der Waals surface area contributed by atoms with E-state index in [0.717, 1.165) is 11.4 Å². The van der Waals surface area contributed by atoms with Crippen LogP contribution in [0.1, 0.15) is 11.1 Å². The molecule has 0 fully saturated rings. The van der Waals surface area contributed by atoms with E-state index in [9.17, 15) is 0 Å². The largest absolute Gasteiger partial charge is 2.00 e. The molecular weight excluding hydrogens is 382 g/mol. The molecule has 3 aromatic rings. The van der Waals surface area contributed by atoms with Crippen LogP contribution in [-0.4, -0.2) is 0 Å². The van der Waals surface area contributed by atoms with Crippen molar-refractivity contribution in [3.05, 3.63) is 131 Å². The van der Waals surface area contributed by atoms with Crippen molar-refractivity contribution in [2.45, 2.75) is 6.92 Å². The van der Waals surface area contributed by atoms with Crippen molar-refractivity contribution >= 4 is 11.8 Å². The molecule has 0 saturated heterocycles. The van der Waals surface area contributed by atoms with Crippen LogP contribution >= 0.6 is 0 Å². The third-order valence-electron chi connectivity index (χ3n) is 4.59. The first-order chi connectivity index (χ1) is 13.3. The van der Waals surface area contributed by atoms with Gasteiger partial charge in [0.05, 0.1) is 0 Å². The summed E-state index contributed by atoms with van der Waals surface area (Å²) in [6, 6.07) is 25.1. The molecule has 5 rings (SSSR count). The maximum absolute atomic E-state index is 4.77. The Hall–Kier alpha value is -2.93. The second-order valence-electron chi connectivity index (χ2n) is 6.61. The van der Waals surface area contributed by atoms with Gasteiger partial charge in [0.25, 0.3) is 0 Å². The summed E-state index contributed by atoms with van der Waals surface area (Å²) in [6.45, 7) is 2.11. The molecule has 0 spiro atoms. The van der Waals surface area contributed by atoms with Crippen LogP contribution in [0.2, 0.25) is 0 Å². The third kappa shape index (κ3) is 4.67. The molecule has 3 aromatic carbocycles. The zero-order valence-electron chi connectivity index (χ0n) is 15.7. The minimum atomic E-state index is 0. The van der Waals surface area contributed by atoms with E-state index in [0.29, 0.717) is 0 Å². The SMILES string of the molecule is Cc1ccc(-c2ccc3c(c2)C=CC(=C2C=CC=C2)[N-]3)cc1.[Fe+2].c1cc[cH-]c1. The average Bonchev–Trinajstić information content (AvgIpc) is 3.44. The second-order valence-corrected chi connectivity index (χ2v) is 6.61. The third-order valence-corrected chi connectivity index (χ3v) is 4.59. The van der Waals surface area contributed by atoms with Crippen LogP contribution in [0.25, 0.3) is 22.5 Å². The molecule has 28 heavy (non-hydrogen) atoms. The molecule has 0 N–H and O–H groups in total. The fourth-order valence-electron chi connectivity index (χ4n) is 3.08. The molecule has 0 radical (unpaired) electrons. The van der Waals surface area contributed by atoms with E-state index in [-0.39, 0.29) is 17.1 Å². The Bertz CT molecular complexity index is 1000. The molecule has 0 unspecified atom stereocenters. The topological polar surface area (TPSA) is 14.1 Å². The van der Waals surface area contributed by atoms with Crippen LogP contribution in [-0.2, 0) is 17.1 Å². The van der Waals surface area contributed by atoms with E-state index in [1.54, 1.807) is 0 Å². The fraction of sp³-hybridized carbons (Fsp3) is 0.0385. The Labute approximate surface area is 177 Å². The predicted molar refractivity (Wildman–Crippen MR) is 116 cm³/mol. The van der Waals surface area contributed by atoms with Crippen LogP contribution in [0.4, 0.5) is 5.69 Å². The molecule has 1 aliphatic heterocycles. The quantitative estimate of drug-likeness (QED) is 0.295. The standard InChI is InChI=1S/C21H16N.C5H5.Fe/c1-15-6-8-16(9-7-15)18-10-12-21-19(14-18)11-13-20(22-21)17-4-2-3-5-17;1-2-4-5-3-1;/h2-14H,1H3;1-5H;/q2*-1;+2. The summed E-state index contributed by atoms with van der Waals surface area (Å²) in [5.74, 6) is 0. The number of allylic oxidation sites excluding steroid dienone is 6. The van der Waals surface area contributed by atoms with E-state index in [1.807, 2.05) is 42.5 Å². The van der Waals surface area contributed by atoms with E-state index in [2.05, 4.69) is 73.7 Å². The number of rotatable bonds is 1. The van der Waals surface area contributed by atoms with Crippen molar-refractivity contribution in [3.63, 3.8) is 0 Å². The van der Waals surface area contributed by atoms with Gasteiger partial charge in [0.2, 0.25) is 0 Å². The van der Waals surface area contributed by atoms with Crippen LogP contribution in [0.5, 0.6) is 0 Å². The fourth-order valence-corrected chi connectivity index (χ4v) is 3.08. The second kappa shape index (κ2) is 9.32. The molecule has 1 aliphatic carbocycles. The Kier molecular flexibility index (Phi) is 6.60. The Balaban J connectivity index is 0.000000329. The zero-order valence-corrected chi connectivity index (χ0v) is 16.8. The average molecular weight is 403 g/mol. The van der Waals surface area contributed by atoms with Crippen molar-refractivity contribution in [3.8, 4) is 11.1 Å². The van der Waals surface area contributed by atoms with E-state index in [1.165, 1.54) is 27.8 Å². The molecule has 0 atom stereocenters. The molecule has 0 amide bonds. The van der Waals surface area contributed by atoms with Gasteiger partial charge in [0.15, 0.2) is 0 Å². The predicted octanol–water partition coefficient (Wildman–Crippen LogP) is 7.48. The molecule has 1 heterocycles. The normalized spacial score (nSPS) is 13.3. The molecule has 0 saturated carbocycles. The Morgan fingerprint density at radius 1 is 0.750 bits per heavy atom. The van der Waals surface area contributed by atoms with Gasteiger partial charge in [-0.05, 0) is 35.3 Å². The monoisotopic (exact) mass is 403 g/mol. The number of hydrogen-bond donors (Lipinski definition) is 0. The summed E-state index contributed by atoms with van der Waals surface area (Å²) in [5, 5.41) is 4.77. The van der Waals surface area contributed by atoms with E-state index >= 15 is 0 Å². The molecule has 2 aliphatic rings. The number of hydrogen-bond acceptors (Lipinski definition) is 0. The number of aryl methyl sites for hydroxylation is 1. The van der Waals surface area contributed by atoms with Crippen LogP contribution in [0.15, 0.2) is 114 Å². The number of benzene rings is 2. The minimum Gasteiger partial charge on any atom is -0.657 e. The summed E-state index contributed by atoms with van der Waals surface area (Å²) in [7, 11) is 0. The molecule has 2 heteroatoms. The number of nitrogens with zero attached hydrogens (tertiary/aromatic N) is 1. The van der Waals surface area contributed by atoms with Crippen LogP contribution in [0.3, 0.4) is 0 Å². The first-order valence-corrected chi connectivity index (χ1v) is 9.16. The van der Waals surface area contributed by atoms with Crippen molar-refractivity contribution in [1.82, 2.24) is 0 Å². The summed E-state index contributed by atoms with van der Waals surface area (Å²) < 4.78 is 0. The van der Waals surface area contributed by atoms with Crippen molar-refractivity contribution in [1.29, 1.82) is 0 Å². The van der Waals surface area contributed by atoms with Gasteiger partial charge >= 0.3 is 17.1 Å². The maximum atomic E-state index is 4.77. The Morgan fingerprint density at radius 2 is 1.43 bits per heavy atom. The van der Waals surface area contributed by atoms with Crippen molar-refractivity contribution < 1.29 is 17.1 Å². The minimum absolute atomic E-state index is 0. The first kappa shape index (κ1) is 19.8. The van der Waals surface area contributed by atoms with E-state index < -0.39 is 0 Å². The van der Waals surface area contributed by atoms with Crippen molar-refractivity contribution in [2.24, 2.45) is 0 Å². The van der Waals surface area contributed by atoms with Crippen molar-refractivity contribution in [2.75, 3.05) is 0 Å². The van der Waals surface area contributed by atoms with Gasteiger partial charge in [-0.25, -0.2) is 12.1 Å². The van der Waals surface area contributed by atoms with Gasteiger partial charge in [-0.15, -0.1) is 11.4 Å². The molecular formula is C26H21FeN. The summed E-state index contributed by atoms with van der Waals surface area (Å²) in [6.07, 6.45) is 12.5. The summed E-state index contributed by atoms with van der Waals surface area (Å²) in [5.41, 5.74) is 8.17. The molecule has 138 valence electrons. The Morgan fingerprint density at radius 3 is 2.07 bits per heavy atom. The molecule has 0 bridgehead atoms. The van der Waals surface area contributed by atoms with Gasteiger partial charge in [0, 0.05) is 0 Å². The summed E-state index contributed by atoms with van der Waals surface area (Å²) in [4.78, 5) is 0. The smallest absolute Gasteiger partial charge is 0.657 e. The zero-order chi connectivity index (χ0) is 18.5. The number of fused-ring (bicyclic) bond motifs is 1. The van der Waals surface area contributed by atoms with Crippen LogP contribution in [0, 0.1) is 6.92 Å². The molecule has 0 aromatic heterocycles. The molecule has 1 nitrogen and oxygen atoms in total. The first-order valence-electron chi connectivity index (χ1n) is 9.16. The van der Waals surface area contributed by atoms with Gasteiger partial charge in [-0.2, -0.15) is 18.2 Å². The van der Waals surface area contributed by atoms with Gasteiger partial charge in [-0.3, -0.25) is 0 Å². The van der Waals surface area contributed by atoms with Gasteiger partial charge in [0.1, 0.15) is 0 Å². The maximum Gasteiger partial charge on any atom is 2.00 e. The van der Waals surface area contributed by atoms with Gasteiger partial charge < -0.3 is 5.32 Å². The van der Waals surface area contributed by atoms with Gasteiger partial charge in [-0.1, -0.05) is 78.4 Å².